The second-order valence-electron chi connectivity index (χ2n) is 4.94. The number of hydrogen-bond acceptors (Lipinski definition) is 0. The normalized spacial score (nSPS) is 37.1. The Kier molecular flexibility index (Phi) is 2.79. The third-order valence-electron chi connectivity index (χ3n) is 3.80. The molecule has 0 saturated carbocycles. The summed E-state index contributed by atoms with van der Waals surface area (Å²) in [6.45, 7) is 9.94. The minimum Gasteiger partial charge on any atom is -0.0692 e. The predicted molar refractivity (Wildman–Crippen MR) is 54.7 cm³/mol. The van der Waals surface area contributed by atoms with Crippen LogP contribution in [0.25, 0.3) is 0 Å². The van der Waals surface area contributed by atoms with Gasteiger partial charge in [-0.15, -0.1) is 0 Å². The van der Waals surface area contributed by atoms with Gasteiger partial charge in [0.2, 0.25) is 0 Å². The van der Waals surface area contributed by atoms with Crippen LogP contribution in [0, 0.1) is 5.92 Å². The maximum atomic E-state index is 2.56. The van der Waals surface area contributed by atoms with Crippen LogP contribution in [0.5, 0.6) is 0 Å². The molecule has 0 radical (unpaired) electrons. The van der Waals surface area contributed by atoms with Crippen LogP contribution in [-0.4, -0.2) is 8.07 Å². The molecule has 0 aromatic heterocycles. The number of rotatable bonds is 1. The van der Waals surface area contributed by atoms with Gasteiger partial charge in [-0.1, -0.05) is 52.2 Å². The minimum atomic E-state index is -0.752. The highest BCUT2D eigenvalue weighted by Gasteiger charge is 2.34. The highest BCUT2D eigenvalue weighted by Crippen LogP contribution is 2.40. The molecule has 0 aliphatic carbocycles. The van der Waals surface area contributed by atoms with Crippen LogP contribution in [0.4, 0.5) is 0 Å². The summed E-state index contributed by atoms with van der Waals surface area (Å²) >= 11 is 0. The van der Waals surface area contributed by atoms with Gasteiger partial charge < -0.3 is 0 Å². The third-order valence-corrected chi connectivity index (χ3v) is 8.28. The van der Waals surface area contributed by atoms with Crippen LogP contribution in [0.1, 0.15) is 33.1 Å². The van der Waals surface area contributed by atoms with Crippen molar-refractivity contribution in [2.75, 3.05) is 0 Å². The first-order valence-corrected chi connectivity index (χ1v) is 8.34. The van der Waals surface area contributed by atoms with Gasteiger partial charge in [-0.05, 0) is 11.5 Å². The first kappa shape index (κ1) is 9.31. The molecule has 0 amide bonds. The summed E-state index contributed by atoms with van der Waals surface area (Å²) in [5.41, 5.74) is 1.07. The van der Waals surface area contributed by atoms with E-state index in [9.17, 15) is 0 Å². The molecule has 2 atom stereocenters. The van der Waals surface area contributed by atoms with Crippen molar-refractivity contribution in [2.45, 2.75) is 57.8 Å². The van der Waals surface area contributed by atoms with Crippen molar-refractivity contribution in [1.82, 2.24) is 0 Å². The van der Waals surface area contributed by atoms with Gasteiger partial charge in [0.25, 0.3) is 0 Å². The van der Waals surface area contributed by atoms with E-state index in [1.165, 1.54) is 19.3 Å². The fraction of sp³-hybridized carbons (Fsp3) is 1.00. The summed E-state index contributed by atoms with van der Waals surface area (Å²) in [6.07, 6.45) is 4.46. The van der Waals surface area contributed by atoms with Crippen molar-refractivity contribution in [3.05, 3.63) is 0 Å². The fourth-order valence-corrected chi connectivity index (χ4v) is 4.75. The Morgan fingerprint density at radius 2 is 2.00 bits per heavy atom. The topological polar surface area (TPSA) is 0 Å². The molecule has 0 N–H and O–H groups in total. The lowest BCUT2D eigenvalue weighted by Crippen LogP contribution is -2.36. The summed E-state index contributed by atoms with van der Waals surface area (Å²) < 4.78 is 0. The van der Waals surface area contributed by atoms with Crippen molar-refractivity contribution >= 4 is 8.07 Å². The largest absolute Gasteiger partial charge is 0.0692 e. The average molecular weight is 170 g/mol. The van der Waals surface area contributed by atoms with Crippen LogP contribution >= 0.6 is 0 Å². The molecule has 1 heteroatoms. The van der Waals surface area contributed by atoms with Gasteiger partial charge in [0.05, 0.1) is 8.07 Å². The molecule has 0 nitrogen and oxygen atoms in total. The number of hydrogen-bond donors (Lipinski definition) is 0. The Bertz CT molecular complexity index is 129. The zero-order chi connectivity index (χ0) is 8.48. The van der Waals surface area contributed by atoms with E-state index < -0.39 is 8.07 Å². The van der Waals surface area contributed by atoms with Gasteiger partial charge >= 0.3 is 0 Å². The molecule has 1 heterocycles. The van der Waals surface area contributed by atoms with E-state index in [1.54, 1.807) is 6.04 Å². The molecular weight excluding hydrogens is 148 g/mol. The van der Waals surface area contributed by atoms with Crippen molar-refractivity contribution in [3.63, 3.8) is 0 Å². The summed E-state index contributed by atoms with van der Waals surface area (Å²) in [5, 5.41) is 0. The van der Waals surface area contributed by atoms with Gasteiger partial charge in [-0.25, -0.2) is 0 Å². The Morgan fingerprint density at radius 3 is 2.45 bits per heavy atom. The highest BCUT2D eigenvalue weighted by atomic mass is 28.3. The molecule has 1 saturated heterocycles. The monoisotopic (exact) mass is 170 g/mol. The van der Waals surface area contributed by atoms with Crippen molar-refractivity contribution in [1.29, 1.82) is 0 Å². The van der Waals surface area contributed by atoms with Gasteiger partial charge in [-0.3, -0.25) is 0 Å². The molecule has 11 heavy (non-hydrogen) atoms. The second-order valence-corrected chi connectivity index (χ2v) is 10.4. The van der Waals surface area contributed by atoms with Crippen molar-refractivity contribution in [2.24, 2.45) is 5.92 Å². The van der Waals surface area contributed by atoms with E-state index in [-0.39, 0.29) is 0 Å². The average Bonchev–Trinajstić information content (AvgIpc) is 1.95. The SMILES string of the molecule is CCC1CC[Si](C)(C)C(C)C1. The molecule has 0 aromatic rings. The summed E-state index contributed by atoms with van der Waals surface area (Å²) in [5.74, 6) is 1.06. The summed E-state index contributed by atoms with van der Waals surface area (Å²) in [4.78, 5) is 0. The van der Waals surface area contributed by atoms with Gasteiger partial charge in [0, 0.05) is 0 Å². The minimum absolute atomic E-state index is 0.752. The Morgan fingerprint density at radius 1 is 1.36 bits per heavy atom. The smallest absolute Gasteiger partial charge is 0.0502 e. The van der Waals surface area contributed by atoms with Crippen LogP contribution in [0.2, 0.25) is 24.7 Å². The lowest BCUT2D eigenvalue weighted by atomic mass is 9.97. The van der Waals surface area contributed by atoms with Gasteiger partial charge in [0.1, 0.15) is 0 Å². The maximum Gasteiger partial charge on any atom is 0.0502 e. The van der Waals surface area contributed by atoms with Crippen molar-refractivity contribution < 1.29 is 0 Å². The second kappa shape index (κ2) is 3.30. The standard InChI is InChI=1S/C10H22Si/c1-5-10-6-7-11(3,4)9(2)8-10/h9-10H,5-8H2,1-4H3. The van der Waals surface area contributed by atoms with E-state index in [0.717, 1.165) is 11.5 Å². The van der Waals surface area contributed by atoms with Crippen LogP contribution in [0.3, 0.4) is 0 Å². The first-order valence-electron chi connectivity index (χ1n) is 5.06. The van der Waals surface area contributed by atoms with Crippen LogP contribution in [0.15, 0.2) is 0 Å². The molecule has 0 bridgehead atoms. The zero-order valence-corrected chi connectivity index (χ0v) is 9.48. The van der Waals surface area contributed by atoms with E-state index in [0.29, 0.717) is 0 Å². The maximum absolute atomic E-state index is 2.56. The lowest BCUT2D eigenvalue weighted by molar-refractivity contribution is 0.420. The van der Waals surface area contributed by atoms with Crippen LogP contribution < -0.4 is 0 Å². The predicted octanol–water partition coefficient (Wildman–Crippen LogP) is 3.90. The quantitative estimate of drug-likeness (QED) is 0.524. The fourth-order valence-electron chi connectivity index (χ4n) is 2.13. The molecule has 66 valence electrons. The van der Waals surface area contributed by atoms with Gasteiger partial charge in [0.15, 0.2) is 0 Å². The van der Waals surface area contributed by atoms with E-state index in [4.69, 9.17) is 0 Å². The first-order chi connectivity index (χ1) is 5.06. The van der Waals surface area contributed by atoms with E-state index in [1.807, 2.05) is 0 Å². The van der Waals surface area contributed by atoms with Gasteiger partial charge in [-0.2, -0.15) is 0 Å². The molecule has 1 rings (SSSR count). The lowest BCUT2D eigenvalue weighted by Gasteiger charge is -2.38. The summed E-state index contributed by atoms with van der Waals surface area (Å²) in [6, 6.07) is 1.58. The van der Waals surface area contributed by atoms with Crippen molar-refractivity contribution in [3.8, 4) is 0 Å². The molecule has 1 fully saturated rings. The Balaban J connectivity index is 2.48. The van der Waals surface area contributed by atoms with Crippen LogP contribution in [-0.2, 0) is 0 Å². The Hall–Kier alpha value is 0.217. The molecule has 2 unspecified atom stereocenters. The van der Waals surface area contributed by atoms with E-state index >= 15 is 0 Å². The van der Waals surface area contributed by atoms with E-state index in [2.05, 4.69) is 26.9 Å². The summed E-state index contributed by atoms with van der Waals surface area (Å²) in [7, 11) is -0.752. The molecule has 1 aliphatic rings. The molecule has 0 spiro atoms. The Labute approximate surface area is 72.4 Å². The highest BCUT2D eigenvalue weighted by molar-refractivity contribution is 6.78. The third kappa shape index (κ3) is 2.08. The zero-order valence-electron chi connectivity index (χ0n) is 8.48. The molecular formula is C10H22Si. The molecule has 0 aromatic carbocycles. The molecule has 1 aliphatic heterocycles.